The molecule has 4 rings (SSSR count). The first-order valence-corrected chi connectivity index (χ1v) is 11.8. The highest BCUT2D eigenvalue weighted by molar-refractivity contribution is 7.19. The summed E-state index contributed by atoms with van der Waals surface area (Å²) < 4.78 is 7.37. The third kappa shape index (κ3) is 4.68. The Kier molecular flexibility index (Phi) is 6.57. The smallest absolute Gasteiger partial charge is 0.413 e. The lowest BCUT2D eigenvalue weighted by Gasteiger charge is -2.15. The third-order valence-corrected chi connectivity index (χ3v) is 6.42. The van der Waals surface area contributed by atoms with Crippen LogP contribution in [0.3, 0.4) is 0 Å². The minimum atomic E-state index is -0.459. The third-order valence-electron chi connectivity index (χ3n) is 5.40. The van der Waals surface area contributed by atoms with Crippen LogP contribution >= 0.6 is 11.3 Å². The highest BCUT2D eigenvalue weighted by atomic mass is 32.1. The van der Waals surface area contributed by atoms with Crippen molar-refractivity contribution in [3.05, 3.63) is 35.3 Å². The van der Waals surface area contributed by atoms with Crippen molar-refractivity contribution < 1.29 is 9.53 Å². The van der Waals surface area contributed by atoms with Crippen molar-refractivity contribution in [3.63, 3.8) is 0 Å². The van der Waals surface area contributed by atoms with Crippen LogP contribution in [0.25, 0.3) is 21.8 Å². The number of aromatic nitrogens is 4. The molecule has 0 aromatic carbocycles. The molecule has 3 aromatic heterocycles. The number of amides is 1. The number of hydrogen-bond acceptors (Lipinski definition) is 7. The minimum absolute atomic E-state index is 0.196. The van der Waals surface area contributed by atoms with E-state index in [-0.39, 0.29) is 6.04 Å². The summed E-state index contributed by atoms with van der Waals surface area (Å²) in [6.45, 7) is 7.50. The van der Waals surface area contributed by atoms with Gasteiger partial charge in [0.25, 0.3) is 0 Å². The van der Waals surface area contributed by atoms with Gasteiger partial charge < -0.3 is 9.64 Å². The zero-order valence-electron chi connectivity index (χ0n) is 19.3. The standard InChI is InChI=1S/C23H30N6O2S/c1-14(2)29-20-17(19(27-29)16-8-7-15(3)24-13-16)9-10-18-21(20)32-22(25-18)26-23(30)31-12-6-11-28(4)5/h7-8,13-14H,6,9-12H2,1-5H3,(H,25,26,30). The Morgan fingerprint density at radius 2 is 2.12 bits per heavy atom. The topological polar surface area (TPSA) is 85.2 Å². The molecule has 0 saturated heterocycles. The van der Waals surface area contributed by atoms with Crippen molar-refractivity contribution in [1.29, 1.82) is 0 Å². The number of anilines is 1. The number of aryl methyl sites for hydroxylation is 2. The lowest BCUT2D eigenvalue weighted by molar-refractivity contribution is 0.156. The Balaban J connectivity index is 1.59. The van der Waals surface area contributed by atoms with Crippen LogP contribution in [0.15, 0.2) is 18.3 Å². The molecule has 1 aliphatic carbocycles. The number of nitrogens with zero attached hydrogens (tertiary/aromatic N) is 5. The number of thiazole rings is 1. The average Bonchev–Trinajstić information content (AvgIpc) is 3.32. The van der Waals surface area contributed by atoms with Crippen molar-refractivity contribution in [2.45, 2.75) is 46.1 Å². The molecule has 3 heterocycles. The van der Waals surface area contributed by atoms with Crippen LogP contribution in [-0.2, 0) is 17.6 Å². The summed E-state index contributed by atoms with van der Waals surface area (Å²) >= 11 is 1.49. The SMILES string of the molecule is Cc1ccc(-c2nn(C(C)C)c3c2CCc2nc(NC(=O)OCCCN(C)C)sc2-3)cn1. The number of carbonyl (C=O) groups is 1. The molecule has 0 aliphatic heterocycles. The molecule has 0 unspecified atom stereocenters. The van der Waals surface area contributed by atoms with Crippen LogP contribution in [0, 0.1) is 6.92 Å². The molecule has 3 aromatic rings. The molecule has 0 bridgehead atoms. The van der Waals surface area contributed by atoms with E-state index in [1.165, 1.54) is 16.9 Å². The summed E-state index contributed by atoms with van der Waals surface area (Å²) in [5.41, 5.74) is 6.31. The van der Waals surface area contributed by atoms with Gasteiger partial charge in [0.05, 0.1) is 28.6 Å². The second kappa shape index (κ2) is 9.38. The molecule has 9 heteroatoms. The van der Waals surface area contributed by atoms with Crippen molar-refractivity contribution in [2.75, 3.05) is 32.6 Å². The van der Waals surface area contributed by atoms with Crippen molar-refractivity contribution in [3.8, 4) is 21.8 Å². The maximum absolute atomic E-state index is 12.2. The van der Waals surface area contributed by atoms with Crippen molar-refractivity contribution in [1.82, 2.24) is 24.6 Å². The monoisotopic (exact) mass is 454 g/mol. The fourth-order valence-corrected chi connectivity index (χ4v) is 4.89. The second-order valence-electron chi connectivity index (χ2n) is 8.61. The Labute approximate surface area is 192 Å². The summed E-state index contributed by atoms with van der Waals surface area (Å²) in [4.78, 5) is 24.5. The summed E-state index contributed by atoms with van der Waals surface area (Å²) in [6.07, 6.45) is 3.90. The Bertz CT molecular complexity index is 1100. The van der Waals surface area contributed by atoms with Crippen LogP contribution in [0.4, 0.5) is 9.93 Å². The van der Waals surface area contributed by atoms with Gasteiger partial charge in [-0.3, -0.25) is 15.0 Å². The van der Waals surface area contributed by atoms with Gasteiger partial charge in [-0.1, -0.05) is 11.3 Å². The van der Waals surface area contributed by atoms with Gasteiger partial charge in [-0.15, -0.1) is 0 Å². The first kappa shape index (κ1) is 22.4. The van der Waals surface area contributed by atoms with E-state index in [0.29, 0.717) is 11.7 Å². The van der Waals surface area contributed by atoms with E-state index >= 15 is 0 Å². The molecule has 32 heavy (non-hydrogen) atoms. The lowest BCUT2D eigenvalue weighted by atomic mass is 9.95. The van der Waals surface area contributed by atoms with Gasteiger partial charge in [0, 0.05) is 35.6 Å². The average molecular weight is 455 g/mol. The van der Waals surface area contributed by atoms with E-state index in [2.05, 4.69) is 44.8 Å². The lowest BCUT2D eigenvalue weighted by Crippen LogP contribution is -2.18. The molecule has 0 saturated carbocycles. The van der Waals surface area contributed by atoms with Gasteiger partial charge in [0.15, 0.2) is 5.13 Å². The van der Waals surface area contributed by atoms with E-state index in [9.17, 15) is 4.79 Å². The highest BCUT2D eigenvalue weighted by Gasteiger charge is 2.30. The van der Waals surface area contributed by atoms with Crippen LogP contribution < -0.4 is 5.32 Å². The summed E-state index contributed by atoms with van der Waals surface area (Å²) in [5, 5.41) is 8.33. The maximum atomic E-state index is 12.2. The molecule has 8 nitrogen and oxygen atoms in total. The molecule has 1 aliphatic rings. The maximum Gasteiger partial charge on any atom is 0.413 e. The molecule has 1 amide bonds. The van der Waals surface area contributed by atoms with E-state index in [0.717, 1.165) is 59.0 Å². The minimum Gasteiger partial charge on any atom is -0.449 e. The molecule has 0 radical (unpaired) electrons. The predicted octanol–water partition coefficient (Wildman–Crippen LogP) is 4.56. The fraction of sp³-hybridized carbons (Fsp3) is 0.478. The number of fused-ring (bicyclic) bond motifs is 3. The zero-order chi connectivity index (χ0) is 22.8. The van der Waals surface area contributed by atoms with Crippen LogP contribution in [-0.4, -0.2) is 58.0 Å². The Morgan fingerprint density at radius 1 is 1.31 bits per heavy atom. The highest BCUT2D eigenvalue weighted by Crippen LogP contribution is 2.44. The number of nitrogens with one attached hydrogen (secondary N) is 1. The molecule has 0 fully saturated rings. The fourth-order valence-electron chi connectivity index (χ4n) is 3.83. The largest absolute Gasteiger partial charge is 0.449 e. The molecule has 170 valence electrons. The zero-order valence-corrected chi connectivity index (χ0v) is 20.1. The second-order valence-corrected chi connectivity index (χ2v) is 9.61. The van der Waals surface area contributed by atoms with Gasteiger partial charge >= 0.3 is 6.09 Å². The van der Waals surface area contributed by atoms with Crippen molar-refractivity contribution in [2.24, 2.45) is 0 Å². The van der Waals surface area contributed by atoms with Gasteiger partial charge in [-0.05, 0) is 66.3 Å². The Hall–Kier alpha value is -2.78. The van der Waals surface area contributed by atoms with Gasteiger partial charge in [0.1, 0.15) is 0 Å². The van der Waals surface area contributed by atoms with E-state index < -0.39 is 6.09 Å². The molecular formula is C23H30N6O2S. The molecule has 0 spiro atoms. The molecular weight excluding hydrogens is 424 g/mol. The molecule has 1 N–H and O–H groups in total. The predicted molar refractivity (Wildman–Crippen MR) is 127 cm³/mol. The first-order valence-electron chi connectivity index (χ1n) is 11.0. The van der Waals surface area contributed by atoms with Crippen LogP contribution in [0.2, 0.25) is 0 Å². The van der Waals surface area contributed by atoms with E-state index in [1.54, 1.807) is 0 Å². The number of hydrogen-bond donors (Lipinski definition) is 1. The van der Waals surface area contributed by atoms with E-state index in [4.69, 9.17) is 9.84 Å². The summed E-state index contributed by atoms with van der Waals surface area (Å²) in [7, 11) is 3.99. The van der Waals surface area contributed by atoms with E-state index in [1.807, 2.05) is 33.3 Å². The summed E-state index contributed by atoms with van der Waals surface area (Å²) in [6, 6.07) is 4.29. The summed E-state index contributed by atoms with van der Waals surface area (Å²) in [5.74, 6) is 0. The normalized spacial score (nSPS) is 12.7. The number of carbonyl (C=O) groups excluding carboxylic acids is 1. The van der Waals surface area contributed by atoms with Gasteiger partial charge in [0.2, 0.25) is 0 Å². The van der Waals surface area contributed by atoms with Crippen LogP contribution in [0.1, 0.15) is 43.3 Å². The first-order chi connectivity index (χ1) is 15.3. The number of rotatable bonds is 7. The van der Waals surface area contributed by atoms with Crippen molar-refractivity contribution >= 4 is 22.6 Å². The number of pyridine rings is 1. The van der Waals surface area contributed by atoms with Gasteiger partial charge in [-0.2, -0.15) is 5.10 Å². The quantitative estimate of drug-likeness (QED) is 0.527. The number of ether oxygens (including phenoxy) is 1. The van der Waals surface area contributed by atoms with Gasteiger partial charge in [-0.25, -0.2) is 9.78 Å². The van der Waals surface area contributed by atoms with Crippen LogP contribution in [0.5, 0.6) is 0 Å². The molecule has 0 atom stereocenters. The Morgan fingerprint density at radius 3 is 2.81 bits per heavy atom.